The number of rotatable bonds is 4. The summed E-state index contributed by atoms with van der Waals surface area (Å²) in [6.07, 6.45) is -3.00. The van der Waals surface area contributed by atoms with E-state index in [1.165, 1.54) is 0 Å². The molecule has 1 aromatic carbocycles. The largest absolute Gasteiger partial charge is 0.481 e. The molecule has 3 nitrogen and oxygen atoms in total. The minimum Gasteiger partial charge on any atom is -0.481 e. The molecule has 2 N–H and O–H groups in total. The van der Waals surface area contributed by atoms with Crippen molar-refractivity contribution in [1.29, 1.82) is 0 Å². The lowest BCUT2D eigenvalue weighted by Crippen LogP contribution is -2.40. The molecule has 1 aliphatic heterocycles. The van der Waals surface area contributed by atoms with Crippen molar-refractivity contribution in [3.05, 3.63) is 35.1 Å². The number of carbonyl (C=O) groups is 1. The number of benzene rings is 1. The topological polar surface area (TPSA) is 49.3 Å². The van der Waals surface area contributed by atoms with Gasteiger partial charge >= 0.3 is 12.1 Å². The second kappa shape index (κ2) is 6.64. The number of carboxylic acids is 1. The second-order valence-corrected chi connectivity index (χ2v) is 5.69. The van der Waals surface area contributed by atoms with Gasteiger partial charge < -0.3 is 10.4 Å². The van der Waals surface area contributed by atoms with E-state index < -0.39 is 23.5 Å². The zero-order valence-electron chi connectivity index (χ0n) is 11.8. The van der Waals surface area contributed by atoms with Gasteiger partial charge in [0.2, 0.25) is 0 Å². The van der Waals surface area contributed by atoms with Crippen LogP contribution in [-0.2, 0) is 17.4 Å². The molecule has 122 valence electrons. The number of halogens is 4. The third kappa shape index (κ3) is 4.69. The van der Waals surface area contributed by atoms with Gasteiger partial charge in [0, 0.05) is 12.5 Å². The predicted molar refractivity (Wildman–Crippen MR) is 71.9 cm³/mol. The molecule has 0 saturated carbocycles. The zero-order chi connectivity index (χ0) is 16.3. The van der Waals surface area contributed by atoms with Gasteiger partial charge in [0.25, 0.3) is 0 Å². The van der Waals surface area contributed by atoms with Crippen LogP contribution in [0.1, 0.15) is 30.4 Å². The van der Waals surface area contributed by atoms with E-state index in [9.17, 15) is 22.4 Å². The molecule has 0 amide bonds. The standard InChI is InChI=1S/C15H17F4NO2/c16-12-4-10(3-11(8-12)15(17,18)19)6-13-5-9(1-2-20-13)7-14(21)22/h3-4,8-9,13,20H,1-2,5-7H2,(H,21,22). The number of aliphatic carboxylic acids is 1. The van der Waals surface area contributed by atoms with Crippen LogP contribution < -0.4 is 5.32 Å². The number of alkyl halides is 3. The second-order valence-electron chi connectivity index (χ2n) is 5.69. The van der Waals surface area contributed by atoms with E-state index in [1.807, 2.05) is 0 Å². The summed E-state index contributed by atoms with van der Waals surface area (Å²) in [5.41, 5.74) is -0.735. The molecular formula is C15H17F4NO2. The summed E-state index contributed by atoms with van der Waals surface area (Å²) in [5.74, 6) is -1.79. The minimum atomic E-state index is -4.58. The highest BCUT2D eigenvalue weighted by Gasteiger charge is 2.32. The molecule has 2 atom stereocenters. The smallest absolute Gasteiger partial charge is 0.416 e. The van der Waals surface area contributed by atoms with Crippen molar-refractivity contribution in [3.63, 3.8) is 0 Å². The molecule has 1 aliphatic rings. The molecule has 2 unspecified atom stereocenters. The predicted octanol–water partition coefficient (Wildman–Crippen LogP) is 3.23. The van der Waals surface area contributed by atoms with E-state index in [2.05, 4.69) is 5.32 Å². The molecule has 22 heavy (non-hydrogen) atoms. The van der Waals surface area contributed by atoms with Gasteiger partial charge in [-0.25, -0.2) is 4.39 Å². The van der Waals surface area contributed by atoms with Gasteiger partial charge in [0.1, 0.15) is 5.82 Å². The van der Waals surface area contributed by atoms with Crippen molar-refractivity contribution in [2.24, 2.45) is 5.92 Å². The first kappa shape index (κ1) is 16.7. The van der Waals surface area contributed by atoms with Crippen LogP contribution in [0.15, 0.2) is 18.2 Å². The van der Waals surface area contributed by atoms with E-state index in [1.54, 1.807) is 0 Å². The molecule has 1 fully saturated rings. The number of hydrogen-bond donors (Lipinski definition) is 2. The number of piperidine rings is 1. The van der Waals surface area contributed by atoms with E-state index in [-0.39, 0.29) is 30.4 Å². The van der Waals surface area contributed by atoms with Gasteiger partial charge in [-0.3, -0.25) is 4.79 Å². The normalized spacial score (nSPS) is 22.5. The molecule has 0 spiro atoms. The highest BCUT2D eigenvalue weighted by atomic mass is 19.4. The van der Waals surface area contributed by atoms with Crippen molar-refractivity contribution in [2.45, 2.75) is 37.9 Å². The fourth-order valence-corrected chi connectivity index (χ4v) is 2.90. The number of nitrogens with one attached hydrogen (secondary N) is 1. The highest BCUT2D eigenvalue weighted by Crippen LogP contribution is 2.31. The van der Waals surface area contributed by atoms with Gasteiger partial charge in [-0.1, -0.05) is 0 Å². The lowest BCUT2D eigenvalue weighted by Gasteiger charge is -2.29. The first-order valence-corrected chi connectivity index (χ1v) is 7.06. The fraction of sp³-hybridized carbons (Fsp3) is 0.533. The van der Waals surface area contributed by atoms with E-state index >= 15 is 0 Å². The van der Waals surface area contributed by atoms with Crippen LogP contribution in [0, 0.1) is 11.7 Å². The number of carboxylic acid groups (broad SMARTS) is 1. The quantitative estimate of drug-likeness (QED) is 0.838. The Morgan fingerprint density at radius 1 is 1.32 bits per heavy atom. The van der Waals surface area contributed by atoms with Crippen molar-refractivity contribution >= 4 is 5.97 Å². The van der Waals surface area contributed by atoms with Crippen molar-refractivity contribution in [3.8, 4) is 0 Å². The van der Waals surface area contributed by atoms with Crippen LogP contribution in [0.4, 0.5) is 17.6 Å². The molecule has 7 heteroatoms. The Morgan fingerprint density at radius 3 is 2.68 bits per heavy atom. The summed E-state index contributed by atoms with van der Waals surface area (Å²) in [4.78, 5) is 10.7. The lowest BCUT2D eigenvalue weighted by molar-refractivity contribution is -0.139. The van der Waals surface area contributed by atoms with Crippen LogP contribution >= 0.6 is 0 Å². The Balaban J connectivity index is 2.07. The van der Waals surface area contributed by atoms with E-state index in [4.69, 9.17) is 5.11 Å². The molecule has 1 saturated heterocycles. The molecule has 2 rings (SSSR count). The Morgan fingerprint density at radius 2 is 2.05 bits per heavy atom. The van der Waals surface area contributed by atoms with Gasteiger partial charge in [-0.15, -0.1) is 0 Å². The van der Waals surface area contributed by atoms with Crippen LogP contribution in [-0.4, -0.2) is 23.7 Å². The summed E-state index contributed by atoms with van der Waals surface area (Å²) in [5, 5.41) is 12.0. The Hall–Kier alpha value is -1.63. The molecule has 0 radical (unpaired) electrons. The van der Waals surface area contributed by atoms with Crippen LogP contribution in [0.2, 0.25) is 0 Å². The summed E-state index contributed by atoms with van der Waals surface area (Å²) in [6.45, 7) is 0.615. The molecule has 0 aromatic heterocycles. The third-order valence-electron chi connectivity index (χ3n) is 3.83. The minimum absolute atomic E-state index is 0.000560. The Kier molecular flexibility index (Phi) is 5.05. The van der Waals surface area contributed by atoms with Crippen LogP contribution in [0.5, 0.6) is 0 Å². The summed E-state index contributed by atoms with van der Waals surface area (Å²) >= 11 is 0. The van der Waals surface area contributed by atoms with Crippen LogP contribution in [0.25, 0.3) is 0 Å². The Bertz CT molecular complexity index is 545. The highest BCUT2D eigenvalue weighted by molar-refractivity contribution is 5.67. The fourth-order valence-electron chi connectivity index (χ4n) is 2.90. The maximum atomic E-state index is 13.4. The average Bonchev–Trinajstić information content (AvgIpc) is 2.36. The summed E-state index contributed by atoms with van der Waals surface area (Å²) in [6, 6.07) is 2.38. The van der Waals surface area contributed by atoms with Crippen molar-refractivity contribution < 1.29 is 27.5 Å². The molecule has 1 heterocycles. The lowest BCUT2D eigenvalue weighted by atomic mass is 9.87. The monoisotopic (exact) mass is 319 g/mol. The zero-order valence-corrected chi connectivity index (χ0v) is 11.8. The van der Waals surface area contributed by atoms with E-state index in [0.717, 1.165) is 18.6 Å². The average molecular weight is 319 g/mol. The molecule has 0 aliphatic carbocycles. The van der Waals surface area contributed by atoms with Gasteiger partial charge in [-0.2, -0.15) is 13.2 Å². The van der Waals surface area contributed by atoms with Gasteiger partial charge in [-0.05, 0) is 55.5 Å². The SMILES string of the molecule is O=C(O)CC1CCNC(Cc2cc(F)cc(C(F)(F)F)c2)C1. The molecule has 0 bridgehead atoms. The van der Waals surface area contributed by atoms with Gasteiger partial charge in [0.15, 0.2) is 0 Å². The summed E-state index contributed by atoms with van der Waals surface area (Å²) < 4.78 is 51.4. The molecular weight excluding hydrogens is 302 g/mol. The molecule has 1 aromatic rings. The van der Waals surface area contributed by atoms with Gasteiger partial charge in [0.05, 0.1) is 5.56 Å². The Labute approximate surface area is 125 Å². The first-order chi connectivity index (χ1) is 10.2. The third-order valence-corrected chi connectivity index (χ3v) is 3.83. The van der Waals surface area contributed by atoms with Crippen LogP contribution in [0.3, 0.4) is 0 Å². The first-order valence-electron chi connectivity index (χ1n) is 7.06. The summed E-state index contributed by atoms with van der Waals surface area (Å²) in [7, 11) is 0. The maximum Gasteiger partial charge on any atom is 0.416 e. The van der Waals surface area contributed by atoms with Crippen molar-refractivity contribution in [2.75, 3.05) is 6.54 Å². The van der Waals surface area contributed by atoms with E-state index in [0.29, 0.717) is 19.0 Å². The maximum absolute atomic E-state index is 13.4. The number of hydrogen-bond acceptors (Lipinski definition) is 2. The van der Waals surface area contributed by atoms with Crippen molar-refractivity contribution in [1.82, 2.24) is 5.32 Å².